The SMILES string of the molecule is CC#CCOc1ccc(S(=O)(=O)C2CC(C(=O)O)CCN2C(=O)c2ccc(OC)cc2)cc1. The van der Waals surface area contributed by atoms with Crippen LogP contribution < -0.4 is 9.47 Å². The maximum absolute atomic E-state index is 13.5. The van der Waals surface area contributed by atoms with Crippen LogP contribution in [0.4, 0.5) is 0 Å². The van der Waals surface area contributed by atoms with E-state index in [4.69, 9.17) is 9.47 Å². The van der Waals surface area contributed by atoms with Gasteiger partial charge in [-0.25, -0.2) is 8.42 Å². The van der Waals surface area contributed by atoms with Gasteiger partial charge in [-0.2, -0.15) is 0 Å². The topological polar surface area (TPSA) is 110 Å². The second kappa shape index (κ2) is 10.4. The van der Waals surface area contributed by atoms with Gasteiger partial charge < -0.3 is 19.5 Å². The average Bonchev–Trinajstić information content (AvgIpc) is 2.83. The summed E-state index contributed by atoms with van der Waals surface area (Å²) >= 11 is 0. The lowest BCUT2D eigenvalue weighted by molar-refractivity contribution is -0.143. The first-order valence-corrected chi connectivity index (χ1v) is 11.9. The Labute approximate surface area is 193 Å². The van der Waals surface area contributed by atoms with Gasteiger partial charge in [-0.3, -0.25) is 9.59 Å². The highest BCUT2D eigenvalue weighted by molar-refractivity contribution is 7.92. The van der Waals surface area contributed by atoms with Crippen LogP contribution in [0, 0.1) is 17.8 Å². The lowest BCUT2D eigenvalue weighted by Gasteiger charge is -2.37. The minimum atomic E-state index is -4.05. The van der Waals surface area contributed by atoms with Gasteiger partial charge in [0.2, 0.25) is 0 Å². The molecular formula is C24H25NO7S. The molecule has 1 fully saturated rings. The van der Waals surface area contributed by atoms with Crippen molar-refractivity contribution < 1.29 is 32.6 Å². The number of hydrogen-bond donors (Lipinski definition) is 1. The van der Waals surface area contributed by atoms with Crippen molar-refractivity contribution in [3.05, 3.63) is 54.1 Å². The van der Waals surface area contributed by atoms with E-state index in [1.165, 1.54) is 36.3 Å². The number of nitrogens with zero attached hydrogens (tertiary/aromatic N) is 1. The van der Waals surface area contributed by atoms with Gasteiger partial charge in [0.15, 0.2) is 9.84 Å². The number of carbonyl (C=O) groups is 2. The fraction of sp³-hybridized carbons (Fsp3) is 0.333. The van der Waals surface area contributed by atoms with Crippen LogP contribution in [0.25, 0.3) is 0 Å². The highest BCUT2D eigenvalue weighted by Crippen LogP contribution is 2.32. The van der Waals surface area contributed by atoms with Crippen molar-refractivity contribution in [1.82, 2.24) is 4.90 Å². The summed E-state index contributed by atoms with van der Waals surface area (Å²) in [5.74, 6) is 4.05. The van der Waals surface area contributed by atoms with Gasteiger partial charge in [0.1, 0.15) is 23.5 Å². The van der Waals surface area contributed by atoms with Gasteiger partial charge in [0.05, 0.1) is 17.9 Å². The van der Waals surface area contributed by atoms with Crippen molar-refractivity contribution in [1.29, 1.82) is 0 Å². The zero-order valence-electron chi connectivity index (χ0n) is 18.4. The summed E-state index contributed by atoms with van der Waals surface area (Å²) in [6.07, 6.45) is -0.0155. The molecule has 1 aliphatic heterocycles. The van der Waals surface area contributed by atoms with E-state index in [-0.39, 0.29) is 30.9 Å². The molecule has 0 spiro atoms. The van der Waals surface area contributed by atoms with Crippen LogP contribution in [0.15, 0.2) is 53.4 Å². The molecular weight excluding hydrogens is 446 g/mol. The highest BCUT2D eigenvalue weighted by atomic mass is 32.2. The van der Waals surface area contributed by atoms with Crippen LogP contribution in [-0.2, 0) is 14.6 Å². The molecule has 0 bridgehead atoms. The quantitative estimate of drug-likeness (QED) is 0.618. The van der Waals surface area contributed by atoms with E-state index < -0.39 is 33.0 Å². The second-order valence-electron chi connectivity index (χ2n) is 7.47. The number of ether oxygens (including phenoxy) is 2. The van der Waals surface area contributed by atoms with E-state index in [0.29, 0.717) is 17.1 Å². The molecule has 3 rings (SSSR count). The van der Waals surface area contributed by atoms with Crippen molar-refractivity contribution in [2.45, 2.75) is 30.0 Å². The lowest BCUT2D eigenvalue weighted by atomic mass is 9.96. The Morgan fingerprint density at radius 2 is 1.73 bits per heavy atom. The van der Waals surface area contributed by atoms with Crippen LogP contribution in [-0.4, -0.2) is 55.9 Å². The van der Waals surface area contributed by atoms with Gasteiger partial charge in [0, 0.05) is 12.1 Å². The first-order chi connectivity index (χ1) is 15.8. The number of carbonyl (C=O) groups excluding carboxylic acids is 1. The minimum Gasteiger partial charge on any atom is -0.497 e. The van der Waals surface area contributed by atoms with Crippen LogP contribution in [0.3, 0.4) is 0 Å². The standard InChI is InChI=1S/C24H25NO7S/c1-3-4-15-32-20-9-11-21(12-10-20)33(29,30)22-16-18(24(27)28)13-14-25(22)23(26)17-5-7-19(31-2)8-6-17/h5-12,18,22H,13-16H2,1-2H3,(H,27,28). The fourth-order valence-corrected chi connectivity index (χ4v) is 5.50. The number of piperidine rings is 1. The average molecular weight is 472 g/mol. The maximum Gasteiger partial charge on any atom is 0.306 e. The molecule has 174 valence electrons. The predicted octanol–water partition coefficient (Wildman–Crippen LogP) is 2.83. The molecule has 33 heavy (non-hydrogen) atoms. The van der Waals surface area contributed by atoms with E-state index in [2.05, 4.69) is 11.8 Å². The molecule has 2 unspecified atom stereocenters. The van der Waals surface area contributed by atoms with E-state index in [1.807, 2.05) is 0 Å². The number of benzene rings is 2. The molecule has 2 atom stereocenters. The number of sulfone groups is 1. The molecule has 0 aliphatic carbocycles. The summed E-state index contributed by atoms with van der Waals surface area (Å²) in [6, 6.07) is 12.1. The van der Waals surface area contributed by atoms with Crippen LogP contribution in [0.1, 0.15) is 30.1 Å². The Bertz CT molecular complexity index is 1160. The highest BCUT2D eigenvalue weighted by Gasteiger charge is 2.42. The molecule has 8 nitrogen and oxygen atoms in total. The van der Waals surface area contributed by atoms with Crippen molar-refractivity contribution in [3.8, 4) is 23.3 Å². The molecule has 1 heterocycles. The van der Waals surface area contributed by atoms with Crippen molar-refractivity contribution in [2.24, 2.45) is 5.92 Å². The Morgan fingerprint density at radius 1 is 1.09 bits per heavy atom. The zero-order chi connectivity index (χ0) is 24.0. The fourth-order valence-electron chi connectivity index (χ4n) is 3.65. The Balaban J connectivity index is 1.91. The molecule has 2 aromatic carbocycles. The first kappa shape index (κ1) is 24.1. The largest absolute Gasteiger partial charge is 0.497 e. The Kier molecular flexibility index (Phi) is 7.61. The van der Waals surface area contributed by atoms with E-state index in [1.54, 1.807) is 31.2 Å². The first-order valence-electron chi connectivity index (χ1n) is 10.3. The summed E-state index contributed by atoms with van der Waals surface area (Å²) in [6.45, 7) is 1.88. The second-order valence-corrected chi connectivity index (χ2v) is 9.58. The molecule has 1 N–H and O–H groups in total. The normalized spacial score (nSPS) is 18.1. The van der Waals surface area contributed by atoms with E-state index in [9.17, 15) is 23.1 Å². The summed E-state index contributed by atoms with van der Waals surface area (Å²) in [5, 5.41) is 8.19. The minimum absolute atomic E-state index is 0.0139. The summed E-state index contributed by atoms with van der Waals surface area (Å²) in [7, 11) is -2.55. The van der Waals surface area contributed by atoms with Crippen molar-refractivity contribution in [2.75, 3.05) is 20.3 Å². The number of methoxy groups -OCH3 is 1. The van der Waals surface area contributed by atoms with Gasteiger partial charge in [0.25, 0.3) is 5.91 Å². The number of aliphatic carboxylic acids is 1. The molecule has 0 saturated carbocycles. The third-order valence-electron chi connectivity index (χ3n) is 5.50. The third-order valence-corrected chi connectivity index (χ3v) is 7.59. The lowest BCUT2D eigenvalue weighted by Crippen LogP contribution is -2.51. The summed E-state index contributed by atoms with van der Waals surface area (Å²) in [5.41, 5.74) is 0.297. The molecule has 2 aromatic rings. The zero-order valence-corrected chi connectivity index (χ0v) is 19.2. The number of carboxylic acid groups (broad SMARTS) is 1. The number of amides is 1. The van der Waals surface area contributed by atoms with E-state index >= 15 is 0 Å². The van der Waals surface area contributed by atoms with Gasteiger partial charge in [-0.1, -0.05) is 5.92 Å². The van der Waals surface area contributed by atoms with Gasteiger partial charge >= 0.3 is 5.97 Å². The third kappa shape index (κ3) is 5.46. The van der Waals surface area contributed by atoms with Crippen LogP contribution in [0.5, 0.6) is 11.5 Å². The summed E-state index contributed by atoms with van der Waals surface area (Å²) < 4.78 is 37.5. The molecule has 1 saturated heterocycles. The number of hydrogen-bond acceptors (Lipinski definition) is 6. The molecule has 9 heteroatoms. The Hall–Kier alpha value is -3.51. The predicted molar refractivity (Wildman–Crippen MR) is 121 cm³/mol. The molecule has 0 radical (unpaired) electrons. The number of rotatable bonds is 7. The maximum atomic E-state index is 13.5. The van der Waals surface area contributed by atoms with Crippen molar-refractivity contribution >= 4 is 21.7 Å². The number of carboxylic acids is 1. The molecule has 1 aliphatic rings. The number of likely N-dealkylation sites (tertiary alicyclic amines) is 1. The van der Waals surface area contributed by atoms with Gasteiger partial charge in [-0.15, -0.1) is 5.92 Å². The Morgan fingerprint density at radius 3 is 2.30 bits per heavy atom. The van der Waals surface area contributed by atoms with Crippen LogP contribution in [0.2, 0.25) is 0 Å². The van der Waals surface area contributed by atoms with E-state index in [0.717, 1.165) is 0 Å². The van der Waals surface area contributed by atoms with Crippen LogP contribution >= 0.6 is 0 Å². The summed E-state index contributed by atoms with van der Waals surface area (Å²) in [4.78, 5) is 26.0. The molecule has 0 aromatic heterocycles. The van der Waals surface area contributed by atoms with Gasteiger partial charge in [-0.05, 0) is 68.3 Å². The smallest absolute Gasteiger partial charge is 0.306 e. The van der Waals surface area contributed by atoms with Crippen molar-refractivity contribution in [3.63, 3.8) is 0 Å². The molecule has 1 amide bonds. The monoisotopic (exact) mass is 471 g/mol.